The van der Waals surface area contributed by atoms with E-state index in [0.717, 1.165) is 18.4 Å². The molecule has 2 heterocycles. The molecule has 0 amide bonds. The van der Waals surface area contributed by atoms with Crippen molar-refractivity contribution >= 4 is 17.3 Å². The zero-order valence-electron chi connectivity index (χ0n) is 12.9. The number of nitrogens with zero attached hydrogens (tertiary/aromatic N) is 1. The molecule has 4 heteroatoms. The lowest BCUT2D eigenvalue weighted by Crippen LogP contribution is -2.56. The number of nitrogens with one attached hydrogen (secondary N) is 1. The van der Waals surface area contributed by atoms with Crippen LogP contribution in [-0.2, 0) is 9.59 Å². The molecule has 0 radical (unpaired) electrons. The first kappa shape index (κ1) is 13.4. The molecule has 0 aromatic carbocycles. The molecule has 4 nitrogen and oxygen atoms in total. The van der Waals surface area contributed by atoms with Gasteiger partial charge in [0.15, 0.2) is 0 Å². The van der Waals surface area contributed by atoms with Gasteiger partial charge in [0.2, 0.25) is 11.6 Å². The van der Waals surface area contributed by atoms with Gasteiger partial charge in [-0.15, -0.1) is 0 Å². The van der Waals surface area contributed by atoms with E-state index in [1.165, 1.54) is 11.3 Å². The minimum absolute atomic E-state index is 0.149. The molecule has 0 aromatic heterocycles. The van der Waals surface area contributed by atoms with Crippen molar-refractivity contribution in [1.82, 2.24) is 5.32 Å². The van der Waals surface area contributed by atoms with Crippen LogP contribution in [0.3, 0.4) is 0 Å². The summed E-state index contributed by atoms with van der Waals surface area (Å²) in [7, 11) is 0. The highest BCUT2D eigenvalue weighted by molar-refractivity contribution is 6.45. The molecule has 4 rings (SSSR count). The zero-order valence-corrected chi connectivity index (χ0v) is 12.9. The van der Waals surface area contributed by atoms with Crippen molar-refractivity contribution in [2.24, 2.45) is 22.7 Å². The lowest BCUT2D eigenvalue weighted by Gasteiger charge is -2.45. The molecular formula is C17H22N2O2. The maximum atomic E-state index is 12.4. The van der Waals surface area contributed by atoms with Gasteiger partial charge in [0, 0.05) is 29.2 Å². The molecule has 112 valence electrons. The van der Waals surface area contributed by atoms with Crippen LogP contribution in [0.5, 0.6) is 0 Å². The number of carbonyl (C=O) groups excluding carboxylic acids is 2. The predicted octanol–water partition coefficient (Wildman–Crippen LogP) is 1.69. The molecule has 0 spiro atoms. The van der Waals surface area contributed by atoms with Crippen LogP contribution >= 0.6 is 0 Å². The van der Waals surface area contributed by atoms with Crippen molar-refractivity contribution in [3.8, 4) is 0 Å². The Hall–Kier alpha value is -1.29. The molecule has 0 aromatic rings. The summed E-state index contributed by atoms with van der Waals surface area (Å²) in [5.41, 5.74) is 3.01. The highest BCUT2D eigenvalue weighted by atomic mass is 16.2. The van der Waals surface area contributed by atoms with E-state index in [-0.39, 0.29) is 23.7 Å². The van der Waals surface area contributed by atoms with E-state index >= 15 is 0 Å². The Morgan fingerprint density at radius 3 is 2.81 bits per heavy atom. The molecular weight excluding hydrogens is 264 g/mol. The highest BCUT2D eigenvalue weighted by Crippen LogP contribution is 2.49. The molecule has 2 aliphatic heterocycles. The van der Waals surface area contributed by atoms with E-state index in [4.69, 9.17) is 4.99 Å². The lowest BCUT2D eigenvalue weighted by atomic mass is 9.64. The third-order valence-electron chi connectivity index (χ3n) is 6.45. The number of hydrogen-bond donors (Lipinski definition) is 1. The number of Topliss-reactive ketones (excluding diaryl/α,β-unsaturated/α-hetero) is 2. The second-order valence-electron chi connectivity index (χ2n) is 7.53. The van der Waals surface area contributed by atoms with E-state index in [1.54, 1.807) is 0 Å². The number of fused-ring (bicyclic) bond motifs is 2. The Labute approximate surface area is 125 Å². The molecule has 0 saturated heterocycles. The van der Waals surface area contributed by atoms with E-state index in [1.807, 2.05) is 0 Å². The minimum atomic E-state index is -0.287. The molecule has 1 saturated carbocycles. The highest BCUT2D eigenvalue weighted by Gasteiger charge is 2.51. The van der Waals surface area contributed by atoms with E-state index < -0.39 is 0 Å². The van der Waals surface area contributed by atoms with Crippen LogP contribution in [-0.4, -0.2) is 35.4 Å². The van der Waals surface area contributed by atoms with Crippen LogP contribution in [0.25, 0.3) is 0 Å². The first-order valence-corrected chi connectivity index (χ1v) is 8.01. The summed E-state index contributed by atoms with van der Waals surface area (Å²) < 4.78 is 0. The van der Waals surface area contributed by atoms with Gasteiger partial charge in [0.1, 0.15) is 0 Å². The Morgan fingerprint density at radius 2 is 2.05 bits per heavy atom. The average Bonchev–Trinajstić information content (AvgIpc) is 2.80. The van der Waals surface area contributed by atoms with Crippen molar-refractivity contribution in [1.29, 1.82) is 0 Å². The fraction of sp³-hybridized carbons (Fsp3) is 0.706. The zero-order chi connectivity index (χ0) is 14.9. The summed E-state index contributed by atoms with van der Waals surface area (Å²) in [6.45, 7) is 6.91. The SMILES string of the molecule is CC1C2CC3=C4CC2=NC1C(C)C(C)(C3)NCC(=O)C4=O. The van der Waals surface area contributed by atoms with Gasteiger partial charge >= 0.3 is 0 Å². The number of allylic oxidation sites excluding steroid dienone is 1. The quantitative estimate of drug-likeness (QED) is 0.689. The summed E-state index contributed by atoms with van der Waals surface area (Å²) in [6, 6.07) is 0.312. The molecule has 5 unspecified atom stereocenters. The number of aliphatic imine (C=N–C) groups is 1. The number of hydrogen-bond acceptors (Lipinski definition) is 4. The van der Waals surface area contributed by atoms with Crippen LogP contribution in [0.1, 0.15) is 40.0 Å². The Bertz CT molecular complexity index is 618. The molecule has 4 bridgehead atoms. The fourth-order valence-corrected chi connectivity index (χ4v) is 4.84. The first-order valence-electron chi connectivity index (χ1n) is 8.01. The van der Waals surface area contributed by atoms with Gasteiger partial charge in [0.05, 0.1) is 12.6 Å². The summed E-state index contributed by atoms with van der Waals surface area (Å²) in [5.74, 6) is 0.835. The van der Waals surface area contributed by atoms with E-state index in [2.05, 4.69) is 26.1 Å². The maximum absolute atomic E-state index is 12.4. The van der Waals surface area contributed by atoms with Crippen molar-refractivity contribution in [2.45, 2.75) is 51.6 Å². The van der Waals surface area contributed by atoms with E-state index in [9.17, 15) is 9.59 Å². The van der Waals surface area contributed by atoms with Gasteiger partial charge in [-0.1, -0.05) is 19.4 Å². The van der Waals surface area contributed by atoms with Crippen LogP contribution in [0.15, 0.2) is 16.1 Å². The Kier molecular flexibility index (Phi) is 2.63. The lowest BCUT2D eigenvalue weighted by molar-refractivity contribution is -0.134. The van der Waals surface area contributed by atoms with Gasteiger partial charge in [0.25, 0.3) is 0 Å². The Morgan fingerprint density at radius 1 is 1.29 bits per heavy atom. The second kappa shape index (κ2) is 4.13. The standard InChI is InChI=1S/C17H22N2O2/c1-8-11-4-10-6-17(3)9(2)15(8)19-13(11)5-12(10)16(21)14(20)7-18-17/h8-9,11,15,18H,4-7H2,1-3H3. The van der Waals surface area contributed by atoms with Crippen molar-refractivity contribution in [3.63, 3.8) is 0 Å². The monoisotopic (exact) mass is 286 g/mol. The molecule has 2 aliphatic carbocycles. The molecule has 1 N–H and O–H groups in total. The van der Waals surface area contributed by atoms with Crippen molar-refractivity contribution in [3.05, 3.63) is 11.1 Å². The smallest absolute Gasteiger partial charge is 0.226 e. The van der Waals surface area contributed by atoms with Crippen LogP contribution in [0.2, 0.25) is 0 Å². The summed E-state index contributed by atoms with van der Waals surface area (Å²) in [4.78, 5) is 29.5. The summed E-state index contributed by atoms with van der Waals surface area (Å²) in [5, 5.41) is 3.40. The summed E-state index contributed by atoms with van der Waals surface area (Å²) in [6.07, 6.45) is 2.42. The van der Waals surface area contributed by atoms with Gasteiger partial charge in [-0.2, -0.15) is 0 Å². The number of rotatable bonds is 0. The van der Waals surface area contributed by atoms with Crippen LogP contribution < -0.4 is 5.32 Å². The predicted molar refractivity (Wildman–Crippen MR) is 80.3 cm³/mol. The van der Waals surface area contributed by atoms with Crippen molar-refractivity contribution in [2.75, 3.05) is 6.54 Å². The number of ketones is 2. The topological polar surface area (TPSA) is 58.5 Å². The molecule has 5 atom stereocenters. The molecule has 21 heavy (non-hydrogen) atoms. The Balaban J connectivity index is 1.94. The fourth-order valence-electron chi connectivity index (χ4n) is 4.84. The first-order chi connectivity index (χ1) is 9.90. The minimum Gasteiger partial charge on any atom is -0.304 e. The third-order valence-corrected chi connectivity index (χ3v) is 6.45. The van der Waals surface area contributed by atoms with Gasteiger partial charge in [-0.3, -0.25) is 14.6 Å². The summed E-state index contributed by atoms with van der Waals surface area (Å²) >= 11 is 0. The van der Waals surface area contributed by atoms with Crippen LogP contribution in [0, 0.1) is 17.8 Å². The normalized spacial score (nSPS) is 45.4. The van der Waals surface area contributed by atoms with E-state index in [0.29, 0.717) is 30.2 Å². The van der Waals surface area contributed by atoms with Gasteiger partial charge in [-0.25, -0.2) is 0 Å². The van der Waals surface area contributed by atoms with Crippen LogP contribution in [0.4, 0.5) is 0 Å². The maximum Gasteiger partial charge on any atom is 0.226 e. The van der Waals surface area contributed by atoms with Gasteiger partial charge in [-0.05, 0) is 31.6 Å². The molecule has 1 fully saturated rings. The van der Waals surface area contributed by atoms with Crippen molar-refractivity contribution < 1.29 is 9.59 Å². The van der Waals surface area contributed by atoms with Gasteiger partial charge < -0.3 is 5.32 Å². The third kappa shape index (κ3) is 1.68. The second-order valence-corrected chi connectivity index (χ2v) is 7.53. The average molecular weight is 286 g/mol. The number of carbonyl (C=O) groups is 2. The largest absolute Gasteiger partial charge is 0.304 e. The molecule has 4 aliphatic rings.